The van der Waals surface area contributed by atoms with Crippen LogP contribution < -0.4 is 5.32 Å². The molecule has 1 aromatic heterocycles. The highest BCUT2D eigenvalue weighted by Crippen LogP contribution is 2.30. The number of benzene rings is 1. The molecule has 1 amide bonds. The van der Waals surface area contributed by atoms with Gasteiger partial charge in [-0.25, -0.2) is 0 Å². The molecule has 21 heavy (non-hydrogen) atoms. The largest absolute Gasteiger partial charge is 0.364 e. The lowest BCUT2D eigenvalue weighted by atomic mass is 10.1. The number of aromatic nitrogens is 1. The van der Waals surface area contributed by atoms with E-state index in [9.17, 15) is 4.79 Å². The summed E-state index contributed by atoms with van der Waals surface area (Å²) in [5, 5.41) is 6.94. The second-order valence-corrected chi connectivity index (χ2v) is 5.28. The topological polar surface area (TPSA) is 58.4 Å². The van der Waals surface area contributed by atoms with Crippen molar-refractivity contribution in [3.63, 3.8) is 0 Å². The first-order chi connectivity index (χ1) is 10.3. The molecule has 1 aliphatic heterocycles. The third-order valence-corrected chi connectivity index (χ3v) is 3.85. The predicted octanol–water partition coefficient (Wildman–Crippen LogP) is 2.84. The van der Waals surface area contributed by atoms with Gasteiger partial charge in [-0.3, -0.25) is 9.69 Å². The molecule has 0 bridgehead atoms. The van der Waals surface area contributed by atoms with Gasteiger partial charge in [0.15, 0.2) is 0 Å². The third-order valence-electron chi connectivity index (χ3n) is 3.85. The van der Waals surface area contributed by atoms with Crippen LogP contribution in [0.2, 0.25) is 0 Å². The number of nitrogens with zero attached hydrogens (tertiary/aromatic N) is 2. The second kappa shape index (κ2) is 6.54. The summed E-state index contributed by atoms with van der Waals surface area (Å²) in [4.78, 5) is 14.3. The van der Waals surface area contributed by atoms with E-state index in [1.165, 1.54) is 0 Å². The molecule has 0 unspecified atom stereocenters. The molecular weight excluding hydrogens is 266 g/mol. The van der Waals surface area contributed by atoms with Crippen molar-refractivity contribution < 1.29 is 9.32 Å². The van der Waals surface area contributed by atoms with Gasteiger partial charge in [-0.15, -0.1) is 0 Å². The molecule has 3 rings (SSSR count). The Bertz CT molecular complexity index is 568. The molecule has 1 aromatic carbocycles. The Labute approximate surface area is 123 Å². The molecule has 1 aliphatic rings. The summed E-state index contributed by atoms with van der Waals surface area (Å²) in [5.41, 5.74) is 1.81. The number of anilines is 1. The number of para-hydroxylation sites is 1. The minimum absolute atomic E-state index is 0.0482. The van der Waals surface area contributed by atoms with Crippen LogP contribution in [0.4, 0.5) is 5.69 Å². The van der Waals surface area contributed by atoms with E-state index in [4.69, 9.17) is 4.52 Å². The summed E-state index contributed by atoms with van der Waals surface area (Å²) in [7, 11) is 0. The van der Waals surface area contributed by atoms with Crippen LogP contribution in [0.5, 0.6) is 0 Å². The molecule has 110 valence electrons. The Morgan fingerprint density at radius 2 is 2.19 bits per heavy atom. The van der Waals surface area contributed by atoms with Gasteiger partial charge in [0.1, 0.15) is 12.0 Å². The van der Waals surface area contributed by atoms with Gasteiger partial charge in [0.05, 0.1) is 6.04 Å². The Morgan fingerprint density at radius 3 is 2.95 bits per heavy atom. The van der Waals surface area contributed by atoms with Crippen molar-refractivity contribution >= 4 is 11.6 Å². The van der Waals surface area contributed by atoms with Crippen molar-refractivity contribution in [1.82, 2.24) is 10.1 Å². The zero-order valence-corrected chi connectivity index (χ0v) is 11.9. The molecule has 5 nitrogen and oxygen atoms in total. The normalized spacial score (nSPS) is 18.8. The predicted molar refractivity (Wildman–Crippen MR) is 79.7 cm³/mol. The van der Waals surface area contributed by atoms with E-state index in [0.717, 1.165) is 37.3 Å². The van der Waals surface area contributed by atoms with Crippen LogP contribution in [0.3, 0.4) is 0 Å². The minimum Gasteiger partial charge on any atom is -0.364 e. The Kier molecular flexibility index (Phi) is 4.31. The highest BCUT2D eigenvalue weighted by molar-refractivity contribution is 5.90. The monoisotopic (exact) mass is 285 g/mol. The second-order valence-electron chi connectivity index (χ2n) is 5.28. The zero-order valence-electron chi connectivity index (χ0n) is 11.9. The van der Waals surface area contributed by atoms with E-state index in [1.807, 2.05) is 36.4 Å². The first-order valence-electron chi connectivity index (χ1n) is 7.32. The number of hydrogen-bond donors (Lipinski definition) is 1. The van der Waals surface area contributed by atoms with Crippen molar-refractivity contribution in [3.05, 3.63) is 48.4 Å². The van der Waals surface area contributed by atoms with Gasteiger partial charge < -0.3 is 9.84 Å². The lowest BCUT2D eigenvalue weighted by Crippen LogP contribution is -2.27. The van der Waals surface area contributed by atoms with Gasteiger partial charge in [0.25, 0.3) is 0 Å². The SMILES string of the molecule is O=C(CCN1CCC[C@H]1c1ccon1)Nc1ccccc1. The maximum Gasteiger partial charge on any atom is 0.225 e. The van der Waals surface area contributed by atoms with E-state index in [-0.39, 0.29) is 11.9 Å². The van der Waals surface area contributed by atoms with Gasteiger partial charge in [-0.1, -0.05) is 23.4 Å². The summed E-state index contributed by atoms with van der Waals surface area (Å²) in [6.07, 6.45) is 4.31. The van der Waals surface area contributed by atoms with Crippen LogP contribution in [0.1, 0.15) is 31.0 Å². The number of hydrogen-bond acceptors (Lipinski definition) is 4. The number of carbonyl (C=O) groups is 1. The summed E-state index contributed by atoms with van der Waals surface area (Å²) in [6.45, 7) is 1.76. The van der Waals surface area contributed by atoms with E-state index in [2.05, 4.69) is 15.4 Å². The lowest BCUT2D eigenvalue weighted by Gasteiger charge is -2.22. The molecule has 0 radical (unpaired) electrons. The minimum atomic E-state index is 0.0482. The van der Waals surface area contributed by atoms with Crippen molar-refractivity contribution in [2.75, 3.05) is 18.4 Å². The number of nitrogens with one attached hydrogen (secondary N) is 1. The smallest absolute Gasteiger partial charge is 0.225 e. The Balaban J connectivity index is 1.51. The van der Waals surface area contributed by atoms with Crippen LogP contribution >= 0.6 is 0 Å². The molecule has 1 atom stereocenters. The molecule has 1 saturated heterocycles. The van der Waals surface area contributed by atoms with Gasteiger partial charge >= 0.3 is 0 Å². The van der Waals surface area contributed by atoms with Crippen LogP contribution in [-0.2, 0) is 4.79 Å². The van der Waals surface area contributed by atoms with Crippen molar-refractivity contribution in [1.29, 1.82) is 0 Å². The van der Waals surface area contributed by atoms with Crippen LogP contribution in [0, 0.1) is 0 Å². The quantitative estimate of drug-likeness (QED) is 0.917. The highest BCUT2D eigenvalue weighted by atomic mass is 16.5. The number of carbonyl (C=O) groups excluding carboxylic acids is 1. The van der Waals surface area contributed by atoms with Crippen molar-refractivity contribution in [3.8, 4) is 0 Å². The van der Waals surface area contributed by atoms with Crippen molar-refractivity contribution in [2.24, 2.45) is 0 Å². The average molecular weight is 285 g/mol. The molecular formula is C16H19N3O2. The molecule has 0 spiro atoms. The summed E-state index contributed by atoms with van der Waals surface area (Å²) >= 11 is 0. The average Bonchev–Trinajstić information content (AvgIpc) is 3.17. The molecule has 1 fully saturated rings. The molecule has 0 aliphatic carbocycles. The van der Waals surface area contributed by atoms with Gasteiger partial charge in [0.2, 0.25) is 5.91 Å². The highest BCUT2D eigenvalue weighted by Gasteiger charge is 2.27. The molecule has 1 N–H and O–H groups in total. The number of amides is 1. The summed E-state index contributed by atoms with van der Waals surface area (Å²) in [5.74, 6) is 0.0482. The fourth-order valence-corrected chi connectivity index (χ4v) is 2.81. The standard InChI is InChI=1S/C16H19N3O2/c20-16(17-13-5-2-1-3-6-13)8-11-19-10-4-7-15(19)14-9-12-21-18-14/h1-3,5-6,9,12,15H,4,7-8,10-11H2,(H,17,20)/t15-/m0/s1. The number of likely N-dealkylation sites (tertiary alicyclic amines) is 1. The molecule has 2 aromatic rings. The van der Waals surface area contributed by atoms with Crippen LogP contribution in [0.25, 0.3) is 0 Å². The number of rotatable bonds is 5. The van der Waals surface area contributed by atoms with Gasteiger partial charge in [-0.05, 0) is 31.5 Å². The molecule has 5 heteroatoms. The maximum absolute atomic E-state index is 12.0. The fourth-order valence-electron chi connectivity index (χ4n) is 2.81. The molecule has 0 saturated carbocycles. The van der Waals surface area contributed by atoms with E-state index in [1.54, 1.807) is 6.26 Å². The first-order valence-corrected chi connectivity index (χ1v) is 7.32. The zero-order chi connectivity index (χ0) is 14.5. The van der Waals surface area contributed by atoms with Crippen LogP contribution in [0.15, 0.2) is 47.2 Å². The summed E-state index contributed by atoms with van der Waals surface area (Å²) in [6, 6.07) is 11.7. The van der Waals surface area contributed by atoms with Crippen LogP contribution in [-0.4, -0.2) is 29.1 Å². The lowest BCUT2D eigenvalue weighted by molar-refractivity contribution is -0.116. The fraction of sp³-hybridized carbons (Fsp3) is 0.375. The van der Waals surface area contributed by atoms with Gasteiger partial charge in [-0.2, -0.15) is 0 Å². The third kappa shape index (κ3) is 3.49. The van der Waals surface area contributed by atoms with Crippen molar-refractivity contribution in [2.45, 2.75) is 25.3 Å². The Hall–Kier alpha value is -2.14. The Morgan fingerprint density at radius 1 is 1.33 bits per heavy atom. The maximum atomic E-state index is 12.0. The summed E-state index contributed by atoms with van der Waals surface area (Å²) < 4.78 is 4.92. The first kappa shape index (κ1) is 13.8. The van der Waals surface area contributed by atoms with Gasteiger partial charge in [0, 0.05) is 24.7 Å². The van der Waals surface area contributed by atoms with E-state index in [0.29, 0.717) is 6.42 Å². The van der Waals surface area contributed by atoms with E-state index < -0.39 is 0 Å². The molecule has 2 heterocycles. The van der Waals surface area contributed by atoms with E-state index >= 15 is 0 Å².